The number of Topliss-reactive ketones (excluding diaryl/α,β-unsaturated/α-hetero) is 1. The van der Waals surface area contributed by atoms with E-state index < -0.39 is 6.04 Å². The predicted octanol–water partition coefficient (Wildman–Crippen LogP) is 4.73. The Labute approximate surface area is 201 Å². The van der Waals surface area contributed by atoms with Crippen molar-refractivity contribution >= 4 is 11.7 Å². The lowest BCUT2D eigenvalue weighted by Gasteiger charge is -2.34. The molecule has 4 aromatic rings. The number of nitrogens with one attached hydrogen (secondary N) is 1. The highest BCUT2D eigenvalue weighted by Gasteiger charge is 2.40. The number of ketones is 1. The molecular formula is C27H22N4O4. The van der Waals surface area contributed by atoms with Crippen LogP contribution in [0, 0.1) is 0 Å². The van der Waals surface area contributed by atoms with Crippen LogP contribution < -0.4 is 14.8 Å². The molecule has 35 heavy (non-hydrogen) atoms. The molecule has 3 aliphatic rings. The molecule has 0 spiro atoms. The Balaban J connectivity index is 1.37. The maximum absolute atomic E-state index is 13.6. The zero-order valence-electron chi connectivity index (χ0n) is 18.8. The van der Waals surface area contributed by atoms with Crippen molar-refractivity contribution in [3.63, 3.8) is 0 Å². The van der Waals surface area contributed by atoms with Crippen molar-refractivity contribution in [2.45, 2.75) is 24.8 Å². The number of aromatic nitrogens is 3. The van der Waals surface area contributed by atoms with Crippen LogP contribution in [0.2, 0.25) is 0 Å². The van der Waals surface area contributed by atoms with Crippen LogP contribution in [0.25, 0.3) is 11.4 Å². The van der Waals surface area contributed by atoms with Crippen LogP contribution in [0.4, 0.5) is 5.95 Å². The van der Waals surface area contributed by atoms with Gasteiger partial charge in [0.15, 0.2) is 23.1 Å². The van der Waals surface area contributed by atoms with Crippen molar-refractivity contribution in [3.8, 4) is 22.9 Å². The summed E-state index contributed by atoms with van der Waals surface area (Å²) >= 11 is 0. The van der Waals surface area contributed by atoms with E-state index in [0.29, 0.717) is 54.9 Å². The largest absolute Gasteiger partial charge is 0.486 e. The van der Waals surface area contributed by atoms with E-state index >= 15 is 0 Å². The van der Waals surface area contributed by atoms with Gasteiger partial charge >= 0.3 is 0 Å². The molecule has 174 valence electrons. The Morgan fingerprint density at radius 2 is 1.80 bits per heavy atom. The third-order valence-electron chi connectivity index (χ3n) is 6.78. The van der Waals surface area contributed by atoms with Gasteiger partial charge in [0, 0.05) is 29.2 Å². The molecule has 0 fully saturated rings. The fourth-order valence-corrected chi connectivity index (χ4v) is 5.18. The molecule has 2 unspecified atom stereocenters. The van der Waals surface area contributed by atoms with Crippen LogP contribution in [-0.2, 0) is 4.79 Å². The van der Waals surface area contributed by atoms with Crippen LogP contribution in [0.1, 0.15) is 36.1 Å². The third kappa shape index (κ3) is 3.32. The highest BCUT2D eigenvalue weighted by molar-refractivity contribution is 6.00. The van der Waals surface area contributed by atoms with E-state index in [1.165, 1.54) is 0 Å². The van der Waals surface area contributed by atoms with Crippen molar-refractivity contribution in [1.29, 1.82) is 0 Å². The molecule has 0 amide bonds. The Bertz CT molecular complexity index is 1460. The smallest absolute Gasteiger partial charge is 0.226 e. The standard InChI is InChI=1S/C27H22N4O4/c32-20-14-18(21-7-4-10-33-21)13-19-24(20)25(17-8-9-22-23(15-17)35-12-11-34-22)31-27(28-19)29-26(30-31)16-5-2-1-3-6-16/h1-10,15,18,25H,11-14H2,(H,28,29,30). The van der Waals surface area contributed by atoms with E-state index in [0.717, 1.165) is 22.6 Å². The normalized spacial score (nSPS) is 20.7. The summed E-state index contributed by atoms with van der Waals surface area (Å²) in [5.74, 6) is 3.46. The predicted molar refractivity (Wildman–Crippen MR) is 127 cm³/mol. The van der Waals surface area contributed by atoms with Crippen LogP contribution in [-0.4, -0.2) is 33.8 Å². The van der Waals surface area contributed by atoms with Crippen molar-refractivity contribution in [2.24, 2.45) is 0 Å². The summed E-state index contributed by atoms with van der Waals surface area (Å²) in [5, 5.41) is 8.28. The SMILES string of the molecule is O=C1CC(c2ccco2)CC2=C1C(c1ccc3c(c1)OCCO3)n1nc(-c3ccccc3)nc1N2. The third-order valence-corrected chi connectivity index (χ3v) is 6.78. The molecule has 2 aromatic heterocycles. The van der Waals surface area contributed by atoms with Crippen LogP contribution in [0.15, 0.2) is 82.6 Å². The van der Waals surface area contributed by atoms with Crippen LogP contribution >= 0.6 is 0 Å². The number of nitrogens with zero attached hydrogens (tertiary/aromatic N) is 3. The minimum Gasteiger partial charge on any atom is -0.486 e. The van der Waals surface area contributed by atoms with Crippen LogP contribution in [0.5, 0.6) is 11.5 Å². The van der Waals surface area contributed by atoms with Crippen molar-refractivity contribution < 1.29 is 18.7 Å². The van der Waals surface area contributed by atoms with Gasteiger partial charge in [-0.1, -0.05) is 36.4 Å². The van der Waals surface area contributed by atoms with E-state index in [1.54, 1.807) is 6.26 Å². The molecular weight excluding hydrogens is 444 g/mol. The van der Waals surface area contributed by atoms with Crippen molar-refractivity contribution in [3.05, 3.63) is 89.5 Å². The number of carbonyl (C=O) groups excluding carboxylic acids is 1. The summed E-state index contributed by atoms with van der Waals surface area (Å²) in [6.45, 7) is 1.02. The maximum atomic E-state index is 13.6. The number of carbonyl (C=O) groups is 1. The van der Waals surface area contributed by atoms with E-state index in [1.807, 2.05) is 65.3 Å². The molecule has 0 saturated heterocycles. The van der Waals surface area contributed by atoms with Gasteiger partial charge in [0.2, 0.25) is 5.95 Å². The number of furan rings is 1. The average Bonchev–Trinajstić information content (AvgIpc) is 3.58. The molecule has 2 atom stereocenters. The van der Waals surface area contributed by atoms with Crippen molar-refractivity contribution in [2.75, 3.05) is 18.5 Å². The second-order valence-electron chi connectivity index (χ2n) is 8.94. The zero-order chi connectivity index (χ0) is 23.4. The summed E-state index contributed by atoms with van der Waals surface area (Å²) in [5.41, 5.74) is 3.39. The number of rotatable bonds is 3. The molecule has 2 aliphatic heterocycles. The molecule has 2 aromatic carbocycles. The van der Waals surface area contributed by atoms with E-state index in [2.05, 4.69) is 5.32 Å². The highest BCUT2D eigenvalue weighted by Crippen LogP contribution is 2.46. The van der Waals surface area contributed by atoms with E-state index in [-0.39, 0.29) is 11.7 Å². The summed E-state index contributed by atoms with van der Waals surface area (Å²) in [6.07, 6.45) is 2.69. The van der Waals surface area contributed by atoms with Gasteiger partial charge in [-0.15, -0.1) is 5.10 Å². The zero-order valence-corrected chi connectivity index (χ0v) is 18.8. The summed E-state index contributed by atoms with van der Waals surface area (Å²) < 4.78 is 19.0. The second-order valence-corrected chi connectivity index (χ2v) is 8.94. The second kappa shape index (κ2) is 7.87. The van der Waals surface area contributed by atoms with E-state index in [9.17, 15) is 4.79 Å². The molecule has 1 N–H and O–H groups in total. The van der Waals surface area contributed by atoms with Gasteiger partial charge < -0.3 is 19.2 Å². The number of fused-ring (bicyclic) bond motifs is 2. The molecule has 7 rings (SSSR count). The minimum absolute atomic E-state index is 0.0206. The summed E-state index contributed by atoms with van der Waals surface area (Å²) in [4.78, 5) is 18.4. The molecule has 0 saturated carbocycles. The fourth-order valence-electron chi connectivity index (χ4n) is 5.18. The monoisotopic (exact) mass is 466 g/mol. The number of anilines is 1. The Hall–Kier alpha value is -4.33. The number of hydrogen-bond donors (Lipinski definition) is 1. The van der Waals surface area contributed by atoms with Gasteiger partial charge in [-0.2, -0.15) is 4.98 Å². The molecule has 1 aliphatic carbocycles. The summed E-state index contributed by atoms with van der Waals surface area (Å²) in [7, 11) is 0. The van der Waals surface area contributed by atoms with Crippen molar-refractivity contribution in [1.82, 2.24) is 14.8 Å². The van der Waals surface area contributed by atoms with Gasteiger partial charge in [0.1, 0.15) is 25.0 Å². The van der Waals surface area contributed by atoms with Gasteiger partial charge in [-0.05, 0) is 36.2 Å². The number of hydrogen-bond acceptors (Lipinski definition) is 7. The highest BCUT2D eigenvalue weighted by atomic mass is 16.6. The lowest BCUT2D eigenvalue weighted by molar-refractivity contribution is -0.117. The minimum atomic E-state index is -0.424. The van der Waals surface area contributed by atoms with E-state index in [4.69, 9.17) is 24.0 Å². The average molecular weight is 466 g/mol. The first-order valence-corrected chi connectivity index (χ1v) is 11.7. The van der Waals surface area contributed by atoms with Gasteiger partial charge in [0.25, 0.3) is 0 Å². The molecule has 8 nitrogen and oxygen atoms in total. The topological polar surface area (TPSA) is 91.4 Å². The number of allylic oxidation sites excluding steroid dienone is 2. The van der Waals surface area contributed by atoms with Crippen LogP contribution in [0.3, 0.4) is 0 Å². The quantitative estimate of drug-likeness (QED) is 0.467. The Kier molecular flexibility index (Phi) is 4.51. The molecule has 0 bridgehead atoms. The number of ether oxygens (including phenoxy) is 2. The number of benzene rings is 2. The van der Waals surface area contributed by atoms with Gasteiger partial charge in [-0.3, -0.25) is 4.79 Å². The fraction of sp³-hybridized carbons (Fsp3) is 0.222. The molecule has 0 radical (unpaired) electrons. The lowest BCUT2D eigenvalue weighted by atomic mass is 9.79. The first kappa shape index (κ1) is 20.1. The maximum Gasteiger partial charge on any atom is 0.226 e. The first-order chi connectivity index (χ1) is 17.2. The summed E-state index contributed by atoms with van der Waals surface area (Å²) in [6, 6.07) is 19.0. The van der Waals surface area contributed by atoms with Gasteiger partial charge in [0.05, 0.1) is 6.26 Å². The molecule has 4 heterocycles. The Morgan fingerprint density at radius 1 is 0.943 bits per heavy atom. The molecule has 8 heteroatoms. The first-order valence-electron chi connectivity index (χ1n) is 11.7. The lowest BCUT2D eigenvalue weighted by Crippen LogP contribution is -2.33. The van der Waals surface area contributed by atoms with Gasteiger partial charge in [-0.25, -0.2) is 4.68 Å². The Morgan fingerprint density at radius 3 is 2.63 bits per heavy atom.